The van der Waals surface area contributed by atoms with Crippen molar-refractivity contribution < 1.29 is 22.0 Å². The third kappa shape index (κ3) is 4.65. The summed E-state index contributed by atoms with van der Waals surface area (Å²) >= 11 is 0. The Morgan fingerprint density at radius 2 is 1.68 bits per heavy atom. The maximum atomic E-state index is 13.4. The Kier molecular flexibility index (Phi) is 5.58. The molecule has 1 aromatic heterocycles. The third-order valence-corrected chi connectivity index (χ3v) is 5.65. The molecule has 1 heterocycles. The van der Waals surface area contributed by atoms with Crippen molar-refractivity contribution in [1.29, 1.82) is 0 Å². The summed E-state index contributed by atoms with van der Waals surface area (Å²) < 4.78 is 47.9. The number of nitrogens with zero attached hydrogens (tertiary/aromatic N) is 1. The van der Waals surface area contributed by atoms with Crippen molar-refractivity contribution in [3.63, 3.8) is 0 Å². The summed E-state index contributed by atoms with van der Waals surface area (Å²) in [6.45, 7) is 0. The highest BCUT2D eigenvalue weighted by molar-refractivity contribution is 7.89. The van der Waals surface area contributed by atoms with Gasteiger partial charge in [0, 0.05) is 17.5 Å². The van der Waals surface area contributed by atoms with Crippen molar-refractivity contribution in [1.82, 2.24) is 4.98 Å². The molecule has 0 fully saturated rings. The van der Waals surface area contributed by atoms with Crippen molar-refractivity contribution >= 4 is 10.0 Å². The Balaban J connectivity index is 1.77. The smallest absolute Gasteiger partial charge is 0.238 e. The van der Waals surface area contributed by atoms with E-state index in [4.69, 9.17) is 14.3 Å². The molecule has 2 N–H and O–H groups in total. The summed E-state index contributed by atoms with van der Waals surface area (Å²) in [7, 11) is -2.21. The number of halogens is 1. The highest BCUT2D eigenvalue weighted by Gasteiger charge is 2.18. The van der Waals surface area contributed by atoms with E-state index in [0.29, 0.717) is 34.9 Å². The van der Waals surface area contributed by atoms with Gasteiger partial charge in [-0.2, -0.15) is 0 Å². The monoisotopic (exact) mass is 438 g/mol. The number of sulfonamides is 1. The molecule has 8 heteroatoms. The van der Waals surface area contributed by atoms with Crippen LogP contribution in [0.25, 0.3) is 22.6 Å². The molecule has 0 amide bonds. The lowest BCUT2D eigenvalue weighted by atomic mass is 10.1. The molecule has 0 aliphatic carbocycles. The van der Waals surface area contributed by atoms with E-state index in [0.717, 1.165) is 11.3 Å². The molecule has 3 aromatic carbocycles. The van der Waals surface area contributed by atoms with Crippen LogP contribution in [0.5, 0.6) is 5.75 Å². The molecule has 0 atom stereocenters. The van der Waals surface area contributed by atoms with Gasteiger partial charge in [-0.1, -0.05) is 12.1 Å². The molecule has 0 unspecified atom stereocenters. The summed E-state index contributed by atoms with van der Waals surface area (Å²) in [6.07, 6.45) is 0.417. The van der Waals surface area contributed by atoms with Gasteiger partial charge in [-0.05, 0) is 66.2 Å². The number of aromatic nitrogens is 1. The van der Waals surface area contributed by atoms with Gasteiger partial charge >= 0.3 is 0 Å². The van der Waals surface area contributed by atoms with Crippen LogP contribution in [-0.4, -0.2) is 20.5 Å². The van der Waals surface area contributed by atoms with Crippen LogP contribution in [0.3, 0.4) is 0 Å². The number of ether oxygens (including phenoxy) is 1. The van der Waals surface area contributed by atoms with Gasteiger partial charge in [-0.3, -0.25) is 0 Å². The average molecular weight is 438 g/mol. The minimum atomic E-state index is -3.81. The van der Waals surface area contributed by atoms with E-state index in [9.17, 15) is 12.8 Å². The van der Waals surface area contributed by atoms with Gasteiger partial charge in [-0.25, -0.2) is 22.9 Å². The van der Waals surface area contributed by atoms with Crippen LogP contribution in [0.2, 0.25) is 0 Å². The van der Waals surface area contributed by atoms with Crippen molar-refractivity contribution in [2.75, 3.05) is 7.11 Å². The lowest BCUT2D eigenvalue weighted by molar-refractivity contribution is 0.414. The summed E-state index contributed by atoms with van der Waals surface area (Å²) in [4.78, 5) is 4.63. The zero-order valence-corrected chi connectivity index (χ0v) is 17.4. The van der Waals surface area contributed by atoms with Crippen LogP contribution >= 0.6 is 0 Å². The van der Waals surface area contributed by atoms with E-state index < -0.39 is 10.0 Å². The van der Waals surface area contributed by atoms with Crippen LogP contribution in [0.4, 0.5) is 4.39 Å². The molecule has 0 bridgehead atoms. The maximum Gasteiger partial charge on any atom is 0.238 e. The van der Waals surface area contributed by atoms with Crippen LogP contribution in [-0.2, 0) is 16.4 Å². The second-order valence-electron chi connectivity index (χ2n) is 6.89. The number of methoxy groups -OCH3 is 1. The molecule has 6 nitrogen and oxygen atoms in total. The Morgan fingerprint density at radius 3 is 2.32 bits per heavy atom. The zero-order chi connectivity index (χ0) is 22.0. The number of oxazole rings is 1. The molecule has 0 radical (unpaired) electrons. The quantitative estimate of drug-likeness (QED) is 0.482. The van der Waals surface area contributed by atoms with Gasteiger partial charge in [0.1, 0.15) is 17.3 Å². The minimum absolute atomic E-state index is 0.00398. The molecule has 4 aromatic rings. The topological polar surface area (TPSA) is 95.4 Å². The van der Waals surface area contributed by atoms with Crippen molar-refractivity contribution in [3.8, 4) is 28.3 Å². The van der Waals surface area contributed by atoms with Gasteiger partial charge in [0.25, 0.3) is 0 Å². The van der Waals surface area contributed by atoms with E-state index in [1.807, 2.05) is 24.3 Å². The molecule has 0 saturated carbocycles. The normalized spacial score (nSPS) is 11.5. The van der Waals surface area contributed by atoms with E-state index in [1.165, 1.54) is 24.3 Å². The van der Waals surface area contributed by atoms with Crippen LogP contribution in [0.15, 0.2) is 82.1 Å². The van der Waals surface area contributed by atoms with Gasteiger partial charge in [0.2, 0.25) is 10.0 Å². The second kappa shape index (κ2) is 8.33. The van der Waals surface area contributed by atoms with E-state index in [2.05, 4.69) is 4.98 Å². The first kappa shape index (κ1) is 20.8. The van der Waals surface area contributed by atoms with Gasteiger partial charge in [-0.15, -0.1) is 0 Å². The molecule has 0 aliphatic heterocycles. The Labute approximate surface area is 179 Å². The lowest BCUT2D eigenvalue weighted by Crippen LogP contribution is -2.11. The molecular formula is C23H19FN2O4S. The number of nitrogens with two attached hydrogens (primary N) is 1. The SMILES string of the molecule is COc1cccc(Cc2nc(-c3ccc(F)cc3)c(-c3ccc(S(N)(=O)=O)cc3)o2)c1. The summed E-state index contributed by atoms with van der Waals surface area (Å²) in [5.41, 5.74) is 2.77. The standard InChI is InChI=1S/C23H19FN2O4S/c1-29-19-4-2-3-15(13-19)14-21-26-22(16-5-9-18(24)10-6-16)23(30-21)17-7-11-20(12-8-17)31(25,27)28/h2-13H,14H2,1H3,(H2,25,27,28). The summed E-state index contributed by atoms with van der Waals surface area (Å²) in [6, 6.07) is 19.5. The van der Waals surface area contributed by atoms with Crippen molar-refractivity contribution in [3.05, 3.63) is 90.1 Å². The predicted molar refractivity (Wildman–Crippen MR) is 115 cm³/mol. The van der Waals surface area contributed by atoms with E-state index in [1.54, 1.807) is 31.4 Å². The first-order valence-corrected chi connectivity index (χ1v) is 10.9. The lowest BCUT2D eigenvalue weighted by Gasteiger charge is -2.03. The minimum Gasteiger partial charge on any atom is -0.497 e. The Morgan fingerprint density at radius 1 is 1.00 bits per heavy atom. The molecular weight excluding hydrogens is 419 g/mol. The Hall–Kier alpha value is -3.49. The summed E-state index contributed by atoms with van der Waals surface area (Å²) in [5.74, 6) is 1.27. The van der Waals surface area contributed by atoms with Crippen molar-refractivity contribution in [2.45, 2.75) is 11.3 Å². The van der Waals surface area contributed by atoms with E-state index in [-0.39, 0.29) is 10.7 Å². The predicted octanol–water partition coefficient (Wildman–Crippen LogP) is 4.39. The molecule has 0 saturated heterocycles. The molecule has 0 aliphatic rings. The van der Waals surface area contributed by atoms with Crippen LogP contribution in [0.1, 0.15) is 11.5 Å². The molecule has 4 rings (SSSR count). The average Bonchev–Trinajstić information content (AvgIpc) is 3.17. The number of primary sulfonamides is 1. The van der Waals surface area contributed by atoms with Crippen LogP contribution in [0, 0.1) is 5.82 Å². The number of hydrogen-bond acceptors (Lipinski definition) is 5. The maximum absolute atomic E-state index is 13.4. The summed E-state index contributed by atoms with van der Waals surface area (Å²) in [5, 5.41) is 5.19. The van der Waals surface area contributed by atoms with Gasteiger partial charge in [0.15, 0.2) is 11.7 Å². The van der Waals surface area contributed by atoms with Gasteiger partial charge < -0.3 is 9.15 Å². The largest absolute Gasteiger partial charge is 0.497 e. The fourth-order valence-corrected chi connectivity index (χ4v) is 3.71. The first-order chi connectivity index (χ1) is 14.8. The van der Waals surface area contributed by atoms with Crippen molar-refractivity contribution in [2.24, 2.45) is 5.14 Å². The number of rotatable bonds is 6. The van der Waals surface area contributed by atoms with E-state index >= 15 is 0 Å². The number of benzene rings is 3. The van der Waals surface area contributed by atoms with Crippen LogP contribution < -0.4 is 9.88 Å². The highest BCUT2D eigenvalue weighted by atomic mass is 32.2. The molecule has 31 heavy (non-hydrogen) atoms. The number of hydrogen-bond donors (Lipinski definition) is 1. The third-order valence-electron chi connectivity index (χ3n) is 4.72. The second-order valence-corrected chi connectivity index (χ2v) is 8.45. The Bertz CT molecular complexity index is 1310. The molecule has 158 valence electrons. The highest BCUT2D eigenvalue weighted by Crippen LogP contribution is 2.34. The zero-order valence-electron chi connectivity index (χ0n) is 16.6. The fraction of sp³-hybridized carbons (Fsp3) is 0.0870. The first-order valence-electron chi connectivity index (χ1n) is 9.35. The molecule has 0 spiro atoms. The fourth-order valence-electron chi connectivity index (χ4n) is 3.19. The van der Waals surface area contributed by atoms with Gasteiger partial charge in [0.05, 0.1) is 12.0 Å².